The zero-order chi connectivity index (χ0) is 27.0. The van der Waals surface area contributed by atoms with Gasteiger partial charge in [0.2, 0.25) is 5.91 Å². The van der Waals surface area contributed by atoms with Gasteiger partial charge < -0.3 is 24.4 Å². The molecule has 0 saturated carbocycles. The molecule has 1 saturated heterocycles. The number of ether oxygens (including phenoxy) is 3. The van der Waals surface area contributed by atoms with Crippen molar-refractivity contribution in [2.24, 2.45) is 5.92 Å². The molecule has 1 aliphatic rings. The van der Waals surface area contributed by atoms with Crippen LogP contribution in [-0.4, -0.2) is 60.0 Å². The third kappa shape index (κ3) is 8.06. The first kappa shape index (κ1) is 27.7. The molecule has 3 rings (SSSR count). The lowest BCUT2D eigenvalue weighted by Crippen LogP contribution is -2.51. The van der Waals surface area contributed by atoms with E-state index in [1.165, 1.54) is 12.1 Å². The summed E-state index contributed by atoms with van der Waals surface area (Å²) in [6.45, 7) is 7.76. The van der Waals surface area contributed by atoms with Crippen LogP contribution in [0.25, 0.3) is 0 Å². The SMILES string of the molecule is CCOC(=O)C(NC(=O)C1CCN(C(=O)OC(C)(C)C)CC1)C(=O)c1ccc(Oc2ccccc2)cc1. The molecule has 0 radical (unpaired) electrons. The lowest BCUT2D eigenvalue weighted by atomic mass is 9.95. The fourth-order valence-electron chi connectivity index (χ4n) is 3.85. The van der Waals surface area contributed by atoms with E-state index < -0.39 is 41.3 Å². The molecule has 0 aromatic heterocycles. The normalized spacial score (nSPS) is 14.9. The van der Waals surface area contributed by atoms with Gasteiger partial charge in [0.05, 0.1) is 6.61 Å². The van der Waals surface area contributed by atoms with E-state index in [-0.39, 0.29) is 12.2 Å². The highest BCUT2D eigenvalue weighted by Gasteiger charge is 2.35. The standard InChI is InChI=1S/C28H34N2O7/c1-5-35-26(33)23(24(31)19-11-13-22(14-12-19)36-21-9-7-6-8-10-21)29-25(32)20-15-17-30(18-16-20)27(34)37-28(2,3)4/h6-14,20,23H,5,15-18H2,1-4H3,(H,29,32). The molecular formula is C28H34N2O7. The summed E-state index contributed by atoms with van der Waals surface area (Å²) in [7, 11) is 0. The Morgan fingerprint density at radius 1 is 0.946 bits per heavy atom. The van der Waals surface area contributed by atoms with Crippen LogP contribution in [0.1, 0.15) is 50.9 Å². The topological polar surface area (TPSA) is 111 Å². The number of carbonyl (C=O) groups excluding carboxylic acids is 4. The van der Waals surface area contributed by atoms with Gasteiger partial charge in [0.25, 0.3) is 0 Å². The molecule has 1 heterocycles. The number of likely N-dealkylation sites (tertiary alicyclic amines) is 1. The van der Waals surface area contributed by atoms with Crippen LogP contribution in [0.5, 0.6) is 11.5 Å². The van der Waals surface area contributed by atoms with Crippen molar-refractivity contribution < 1.29 is 33.4 Å². The summed E-state index contributed by atoms with van der Waals surface area (Å²) in [4.78, 5) is 52.6. The number of hydrogen-bond acceptors (Lipinski definition) is 7. The number of Topliss-reactive ketones (excluding diaryl/α,β-unsaturated/α-hetero) is 1. The zero-order valence-electron chi connectivity index (χ0n) is 21.7. The molecule has 1 atom stereocenters. The molecule has 0 aliphatic carbocycles. The van der Waals surface area contributed by atoms with Gasteiger partial charge in [0.1, 0.15) is 17.1 Å². The van der Waals surface area contributed by atoms with E-state index in [1.807, 2.05) is 30.3 Å². The Morgan fingerprint density at radius 2 is 1.54 bits per heavy atom. The monoisotopic (exact) mass is 510 g/mol. The Morgan fingerprint density at radius 3 is 2.11 bits per heavy atom. The lowest BCUT2D eigenvalue weighted by molar-refractivity contribution is -0.146. The van der Waals surface area contributed by atoms with Crippen molar-refractivity contribution in [1.82, 2.24) is 10.2 Å². The summed E-state index contributed by atoms with van der Waals surface area (Å²) in [5.41, 5.74) is -0.372. The molecule has 2 aromatic rings. The van der Waals surface area contributed by atoms with Crippen molar-refractivity contribution in [2.45, 2.75) is 52.2 Å². The minimum absolute atomic E-state index is 0.0661. The van der Waals surface area contributed by atoms with Gasteiger partial charge >= 0.3 is 12.1 Å². The number of hydrogen-bond donors (Lipinski definition) is 1. The third-order valence-corrected chi connectivity index (χ3v) is 5.71. The van der Waals surface area contributed by atoms with Crippen molar-refractivity contribution in [3.8, 4) is 11.5 Å². The number of rotatable bonds is 8. The molecule has 37 heavy (non-hydrogen) atoms. The molecule has 1 N–H and O–H groups in total. The van der Waals surface area contributed by atoms with Crippen LogP contribution in [0.2, 0.25) is 0 Å². The molecule has 2 aromatic carbocycles. The quantitative estimate of drug-likeness (QED) is 0.319. The van der Waals surface area contributed by atoms with Gasteiger partial charge in [-0.05, 0) is 76.9 Å². The van der Waals surface area contributed by atoms with Crippen LogP contribution in [0, 0.1) is 5.92 Å². The smallest absolute Gasteiger partial charge is 0.410 e. The van der Waals surface area contributed by atoms with Crippen LogP contribution in [0.4, 0.5) is 4.79 Å². The molecule has 198 valence electrons. The predicted octanol–water partition coefficient (Wildman–Crippen LogP) is 4.36. The second-order valence-corrected chi connectivity index (χ2v) is 9.74. The highest BCUT2D eigenvalue weighted by Crippen LogP contribution is 2.23. The first-order valence-electron chi connectivity index (χ1n) is 12.4. The summed E-state index contributed by atoms with van der Waals surface area (Å²) in [6, 6.07) is 14.0. The number of nitrogens with one attached hydrogen (secondary N) is 1. The Labute approximate surface area is 217 Å². The van der Waals surface area contributed by atoms with E-state index in [4.69, 9.17) is 14.2 Å². The number of esters is 1. The van der Waals surface area contributed by atoms with Crippen LogP contribution >= 0.6 is 0 Å². The van der Waals surface area contributed by atoms with Crippen molar-refractivity contribution >= 4 is 23.8 Å². The molecular weight excluding hydrogens is 476 g/mol. The summed E-state index contributed by atoms with van der Waals surface area (Å²) >= 11 is 0. The van der Waals surface area contributed by atoms with Gasteiger partial charge in [-0.1, -0.05) is 18.2 Å². The zero-order valence-corrected chi connectivity index (χ0v) is 21.7. The molecule has 1 aliphatic heterocycles. The van der Waals surface area contributed by atoms with Crippen molar-refractivity contribution in [1.29, 1.82) is 0 Å². The summed E-state index contributed by atoms with van der Waals surface area (Å²) < 4.78 is 16.2. The second-order valence-electron chi connectivity index (χ2n) is 9.74. The minimum atomic E-state index is -1.47. The average molecular weight is 511 g/mol. The number of piperidine rings is 1. The highest BCUT2D eigenvalue weighted by atomic mass is 16.6. The number of amides is 2. The van der Waals surface area contributed by atoms with E-state index in [0.29, 0.717) is 37.4 Å². The van der Waals surface area contributed by atoms with E-state index in [1.54, 1.807) is 44.7 Å². The minimum Gasteiger partial charge on any atom is -0.464 e. The Balaban J connectivity index is 1.63. The number of ketones is 1. The Kier molecular flexibility index (Phi) is 9.27. The van der Waals surface area contributed by atoms with Gasteiger partial charge in [-0.15, -0.1) is 0 Å². The molecule has 9 heteroatoms. The van der Waals surface area contributed by atoms with E-state index >= 15 is 0 Å². The molecule has 9 nitrogen and oxygen atoms in total. The molecule has 0 spiro atoms. The number of carbonyl (C=O) groups is 4. The number of nitrogens with zero attached hydrogens (tertiary/aromatic N) is 1. The van der Waals surface area contributed by atoms with Gasteiger partial charge in [0.15, 0.2) is 11.8 Å². The Bertz CT molecular complexity index is 1090. The first-order valence-corrected chi connectivity index (χ1v) is 12.4. The van der Waals surface area contributed by atoms with E-state index in [9.17, 15) is 19.2 Å². The molecule has 2 amide bonds. The summed E-state index contributed by atoms with van der Waals surface area (Å²) in [5.74, 6) is -1.11. The van der Waals surface area contributed by atoms with Crippen molar-refractivity contribution in [3.63, 3.8) is 0 Å². The average Bonchev–Trinajstić information content (AvgIpc) is 2.87. The maximum atomic E-state index is 13.2. The van der Waals surface area contributed by atoms with Crippen LogP contribution in [-0.2, 0) is 19.1 Å². The third-order valence-electron chi connectivity index (χ3n) is 5.71. The van der Waals surface area contributed by atoms with Crippen LogP contribution in [0.15, 0.2) is 54.6 Å². The van der Waals surface area contributed by atoms with Gasteiger partial charge in [-0.2, -0.15) is 0 Å². The molecule has 1 unspecified atom stereocenters. The second kappa shape index (κ2) is 12.4. The van der Waals surface area contributed by atoms with Gasteiger partial charge in [-0.25, -0.2) is 9.59 Å². The number of benzene rings is 2. The fourth-order valence-corrected chi connectivity index (χ4v) is 3.85. The predicted molar refractivity (Wildman–Crippen MR) is 136 cm³/mol. The summed E-state index contributed by atoms with van der Waals surface area (Å²) in [5, 5.41) is 2.58. The van der Waals surface area contributed by atoms with Gasteiger partial charge in [0, 0.05) is 24.6 Å². The van der Waals surface area contributed by atoms with Crippen molar-refractivity contribution in [2.75, 3.05) is 19.7 Å². The summed E-state index contributed by atoms with van der Waals surface area (Å²) in [6.07, 6.45) is 0.353. The van der Waals surface area contributed by atoms with Gasteiger partial charge in [-0.3, -0.25) is 9.59 Å². The fraction of sp³-hybridized carbons (Fsp3) is 0.429. The number of para-hydroxylation sites is 1. The first-order chi connectivity index (χ1) is 17.6. The van der Waals surface area contributed by atoms with Crippen LogP contribution in [0.3, 0.4) is 0 Å². The highest BCUT2D eigenvalue weighted by molar-refractivity contribution is 6.13. The van der Waals surface area contributed by atoms with Crippen molar-refractivity contribution in [3.05, 3.63) is 60.2 Å². The molecule has 1 fully saturated rings. The lowest BCUT2D eigenvalue weighted by Gasteiger charge is -2.33. The maximum Gasteiger partial charge on any atom is 0.410 e. The maximum absolute atomic E-state index is 13.2. The molecule has 0 bridgehead atoms. The largest absolute Gasteiger partial charge is 0.464 e. The van der Waals surface area contributed by atoms with Crippen LogP contribution < -0.4 is 10.1 Å². The van der Waals surface area contributed by atoms with E-state index in [2.05, 4.69) is 5.32 Å². The Hall–Kier alpha value is -3.88. The van der Waals surface area contributed by atoms with E-state index in [0.717, 1.165) is 0 Å².